The van der Waals surface area contributed by atoms with Gasteiger partial charge in [0.15, 0.2) is 5.75 Å². The Morgan fingerprint density at radius 2 is 1.78 bits per heavy atom. The van der Waals surface area contributed by atoms with Crippen LogP contribution in [-0.2, 0) is 10.1 Å². The van der Waals surface area contributed by atoms with Crippen LogP contribution in [0.15, 0.2) is 46.4 Å². The number of nitrogens with zero attached hydrogens (tertiary/aromatic N) is 3. The van der Waals surface area contributed by atoms with Crippen molar-refractivity contribution < 1.29 is 140 Å². The van der Waals surface area contributed by atoms with Crippen molar-refractivity contribution in [1.82, 2.24) is 0 Å². The fourth-order valence-corrected chi connectivity index (χ4v) is 2.90. The molecule has 0 heterocycles. The van der Waals surface area contributed by atoms with E-state index in [1.165, 1.54) is 19.2 Å². The number of carbonyl (C=O) groups is 1. The zero-order valence-electron chi connectivity index (χ0n) is 18.1. The van der Waals surface area contributed by atoms with Gasteiger partial charge in [-0.3, -0.25) is 10.1 Å². The van der Waals surface area contributed by atoms with Gasteiger partial charge in [0.1, 0.15) is 21.8 Å². The quantitative estimate of drug-likeness (QED) is 0.0905. The van der Waals surface area contributed by atoms with E-state index in [2.05, 4.69) is 10.5 Å². The van der Waals surface area contributed by atoms with Gasteiger partial charge in [0.2, 0.25) is 0 Å². The van der Waals surface area contributed by atoms with Crippen LogP contribution in [0.1, 0.15) is 24.2 Å². The Kier molecular flexibility index (Phi) is 13.4. The van der Waals surface area contributed by atoms with Crippen LogP contribution in [-0.4, -0.2) is 41.8 Å². The molecule has 12 nitrogen and oxygen atoms in total. The number of non-ortho nitro benzene ring substituents is 1. The molecule has 32 heavy (non-hydrogen) atoms. The molecule has 1 N–H and O–H groups in total. The average Bonchev–Trinajstić information content (AvgIpc) is 2.65. The number of rotatable bonds is 8. The topological polar surface area (TPSA) is 177 Å². The zero-order chi connectivity index (χ0) is 22.6. The number of hydrogen-bond acceptors (Lipinski definition) is 9. The summed E-state index contributed by atoms with van der Waals surface area (Å²) in [5, 5.41) is 26.8. The van der Waals surface area contributed by atoms with E-state index in [1.54, 1.807) is 13.8 Å². The molecule has 2 rings (SSSR count). The van der Waals surface area contributed by atoms with Gasteiger partial charge in [-0.25, -0.2) is 8.42 Å². The second-order valence-corrected chi connectivity index (χ2v) is 7.57. The Labute approximate surface area is 269 Å². The van der Waals surface area contributed by atoms with Gasteiger partial charge in [-0.1, -0.05) is 0 Å². The first-order valence-electron chi connectivity index (χ1n) is 8.35. The van der Waals surface area contributed by atoms with Crippen molar-refractivity contribution in [2.45, 2.75) is 24.8 Å². The molecular weight excluding hydrogens is 498 g/mol. The number of azo groups is 1. The molecule has 0 aliphatic heterocycles. The number of nitro groups is 1. The Balaban J connectivity index is 0.00000480. The molecule has 2 aromatic carbocycles. The maximum absolute atomic E-state index is 11.6. The number of hydrogen-bond donors (Lipinski definition) is 1. The molecule has 0 aromatic heterocycles. The number of carboxylic acids is 1. The van der Waals surface area contributed by atoms with Crippen molar-refractivity contribution >= 4 is 33.1 Å². The first kappa shape index (κ1) is 31.7. The van der Waals surface area contributed by atoms with Gasteiger partial charge in [0.25, 0.3) is 11.4 Å². The van der Waals surface area contributed by atoms with E-state index in [9.17, 15) is 33.0 Å². The molecule has 0 atom stereocenters. The number of carbonyl (C=O) groups excluding carboxylic acids is 1. The monoisotopic (exact) mass is 515 g/mol. The molecule has 0 saturated heterocycles. The third-order valence-electron chi connectivity index (χ3n) is 3.67. The fraction of sp³-hybridized carbons (Fsp3) is 0.235. The van der Waals surface area contributed by atoms with Crippen LogP contribution in [0, 0.1) is 10.1 Å². The summed E-state index contributed by atoms with van der Waals surface area (Å²) in [7, 11) is -3.61. The molecule has 0 spiro atoms. The van der Waals surface area contributed by atoms with E-state index in [0.29, 0.717) is 6.07 Å². The minimum absolute atomic E-state index is 0. The second-order valence-electron chi connectivity index (χ2n) is 6.20. The normalized spacial score (nSPS) is 11.2. The predicted molar refractivity (Wildman–Crippen MR) is 99.5 cm³/mol. The van der Waals surface area contributed by atoms with Gasteiger partial charge in [-0.15, -0.1) is 5.43 Å². The van der Waals surface area contributed by atoms with E-state index in [-0.39, 0.29) is 132 Å². The number of aromatic carboxylic acids is 1. The van der Waals surface area contributed by atoms with Crippen LogP contribution in [0.2, 0.25) is 0 Å². The van der Waals surface area contributed by atoms with Gasteiger partial charge in [0, 0.05) is 16.9 Å². The van der Waals surface area contributed by atoms with E-state index in [4.69, 9.17) is 4.74 Å². The molecule has 0 bridgehead atoms. The number of carboxylic acid groups (broad SMARTS) is 1. The molecule has 0 fully saturated rings. The van der Waals surface area contributed by atoms with Crippen molar-refractivity contribution in [3.63, 3.8) is 0 Å². The molecule has 0 aliphatic carbocycles. The van der Waals surface area contributed by atoms with Crippen LogP contribution < -0.4 is 118 Å². The molecular formula is C17H17K2N4O8S+. The summed E-state index contributed by atoms with van der Waals surface area (Å²) in [5.41, 5.74) is 2.01. The van der Waals surface area contributed by atoms with E-state index in [0.717, 1.165) is 23.0 Å². The van der Waals surface area contributed by atoms with Crippen molar-refractivity contribution in [2.75, 3.05) is 12.5 Å². The molecule has 15 heteroatoms. The Hall–Kier alpha value is -0.307. The second kappa shape index (κ2) is 13.5. The minimum atomic E-state index is -4.90. The first-order valence-corrected chi connectivity index (χ1v) is 9.76. The average molecular weight is 516 g/mol. The van der Waals surface area contributed by atoms with Crippen molar-refractivity contribution in [3.05, 3.63) is 52.1 Å². The number of benzene rings is 2. The number of ether oxygens (including phenoxy) is 1. The molecule has 0 radical (unpaired) electrons. The molecule has 0 amide bonds. The van der Waals surface area contributed by atoms with Crippen molar-refractivity contribution in [1.29, 1.82) is 0 Å². The first-order chi connectivity index (χ1) is 13.9. The number of hydrazine groups is 1. The van der Waals surface area contributed by atoms with Crippen molar-refractivity contribution in [3.8, 4) is 5.75 Å². The Morgan fingerprint density at radius 3 is 2.25 bits per heavy atom. The molecule has 0 unspecified atom stereocenters. The third kappa shape index (κ3) is 8.48. The predicted octanol–water partition coefficient (Wildman–Crippen LogP) is -4.59. The van der Waals surface area contributed by atoms with E-state index in [1.807, 2.05) is 0 Å². The van der Waals surface area contributed by atoms with Crippen LogP contribution in [0.25, 0.3) is 0 Å². The smallest absolute Gasteiger partial charge is 0.744 e. The van der Waals surface area contributed by atoms with Crippen LogP contribution in [0.3, 0.4) is 0 Å². The zero-order valence-corrected chi connectivity index (χ0v) is 25.1. The standard InChI is InChI=1S/C17H18N4O8S.2K/c1-10(2)18-20(19-14-6-4-11(21(24)25)8-16(14)29-3)15-7-5-12(30(26,27)28)9-13(15)17(22)23;;/h4-10H,1-3H3,(H2-,18,19,22,23,26,27,28);;/q;2*+1/p-1. The summed E-state index contributed by atoms with van der Waals surface area (Å²) in [5.74, 6) is -1.67. The third-order valence-corrected chi connectivity index (χ3v) is 4.50. The minimum Gasteiger partial charge on any atom is -0.744 e. The van der Waals surface area contributed by atoms with Gasteiger partial charge in [-0.2, -0.15) is 0 Å². The summed E-state index contributed by atoms with van der Waals surface area (Å²) in [6.45, 7) is 3.38. The molecule has 160 valence electrons. The van der Waals surface area contributed by atoms with Gasteiger partial charge >= 0.3 is 103 Å². The summed E-state index contributed by atoms with van der Waals surface area (Å²) < 4.78 is 38.8. The number of methoxy groups -OCH3 is 1. The number of nitro benzene ring substituents is 1. The van der Waals surface area contributed by atoms with Crippen molar-refractivity contribution in [2.24, 2.45) is 5.11 Å². The summed E-state index contributed by atoms with van der Waals surface area (Å²) in [4.78, 5) is 22.2. The van der Waals surface area contributed by atoms with Crippen LogP contribution in [0.5, 0.6) is 5.75 Å². The maximum Gasteiger partial charge on any atom is 1.00 e. The van der Waals surface area contributed by atoms with Gasteiger partial charge < -0.3 is 19.2 Å². The summed E-state index contributed by atoms with van der Waals surface area (Å²) in [6.07, 6.45) is 0. The largest absolute Gasteiger partial charge is 1.00 e. The SMILES string of the molecule is COc1cc([N+](=O)[O-])ccc1N[N+](=NC(C)C)c1ccc(S(=O)(=O)[O-])cc1C(=O)[O-].[K+].[K+]. The molecule has 0 saturated carbocycles. The van der Waals surface area contributed by atoms with Gasteiger partial charge in [0.05, 0.1) is 34.5 Å². The van der Waals surface area contributed by atoms with E-state index >= 15 is 0 Å². The summed E-state index contributed by atoms with van der Waals surface area (Å²) in [6, 6.07) is 6.00. The van der Waals surface area contributed by atoms with E-state index < -0.39 is 31.5 Å². The number of anilines is 1. The summed E-state index contributed by atoms with van der Waals surface area (Å²) >= 11 is 0. The molecule has 0 aliphatic rings. The Morgan fingerprint density at radius 1 is 1.16 bits per heavy atom. The fourth-order valence-electron chi connectivity index (χ4n) is 2.40. The van der Waals surface area contributed by atoms with Crippen LogP contribution in [0.4, 0.5) is 17.1 Å². The van der Waals surface area contributed by atoms with Gasteiger partial charge in [-0.05, 0) is 37.2 Å². The maximum atomic E-state index is 11.6. The Bertz CT molecular complexity index is 1140. The number of nitrogens with one attached hydrogen (secondary N) is 1. The molecule has 2 aromatic rings. The van der Waals surface area contributed by atoms with Crippen LogP contribution >= 0.6 is 0 Å².